The first-order valence-corrected chi connectivity index (χ1v) is 8.07. The quantitative estimate of drug-likeness (QED) is 0.737. The largest absolute Gasteiger partial charge is 0.375 e. The number of piperazine rings is 1. The lowest BCUT2D eigenvalue weighted by Crippen LogP contribution is -2.46. The summed E-state index contributed by atoms with van der Waals surface area (Å²) in [5.41, 5.74) is 1.32. The number of nitrogens with one attached hydrogen (secondary N) is 1. The lowest BCUT2D eigenvalue weighted by molar-refractivity contribution is -0.124. The highest BCUT2D eigenvalue weighted by atomic mass is 16.5. The van der Waals surface area contributed by atoms with Gasteiger partial charge >= 0.3 is 0 Å². The molecule has 0 radical (unpaired) electrons. The van der Waals surface area contributed by atoms with Crippen molar-refractivity contribution in [3.8, 4) is 0 Å². The highest BCUT2D eigenvalue weighted by Crippen LogP contribution is 2.15. The number of anilines is 1. The van der Waals surface area contributed by atoms with Gasteiger partial charge in [-0.15, -0.1) is 0 Å². The molecule has 0 atom stereocenters. The van der Waals surface area contributed by atoms with Crippen LogP contribution in [0.25, 0.3) is 0 Å². The van der Waals surface area contributed by atoms with Gasteiger partial charge in [-0.3, -0.25) is 9.69 Å². The minimum Gasteiger partial charge on any atom is -0.375 e. The smallest absolute Gasteiger partial charge is 0.245 e. The van der Waals surface area contributed by atoms with E-state index in [4.69, 9.17) is 4.74 Å². The molecular formula is C17H27N3O2. The Balaban J connectivity index is 1.55. The van der Waals surface area contributed by atoms with E-state index in [9.17, 15) is 4.79 Å². The van der Waals surface area contributed by atoms with Crippen LogP contribution in [0.2, 0.25) is 0 Å². The van der Waals surface area contributed by atoms with E-state index in [0.29, 0.717) is 0 Å². The maximum absolute atomic E-state index is 11.2. The van der Waals surface area contributed by atoms with Crippen molar-refractivity contribution >= 4 is 11.6 Å². The van der Waals surface area contributed by atoms with Crippen LogP contribution in [0.3, 0.4) is 0 Å². The molecule has 122 valence electrons. The predicted octanol–water partition coefficient (Wildman–Crippen LogP) is 1.35. The molecule has 1 aliphatic heterocycles. The molecule has 1 amide bonds. The van der Waals surface area contributed by atoms with Crippen LogP contribution in [0.5, 0.6) is 0 Å². The van der Waals surface area contributed by atoms with Crippen LogP contribution < -0.4 is 10.2 Å². The molecule has 1 heterocycles. The molecule has 5 heteroatoms. The lowest BCUT2D eigenvalue weighted by Gasteiger charge is -2.36. The number of nitrogens with zero attached hydrogens (tertiary/aromatic N) is 2. The van der Waals surface area contributed by atoms with Gasteiger partial charge in [0, 0.05) is 45.5 Å². The first-order chi connectivity index (χ1) is 10.8. The Morgan fingerprint density at radius 1 is 1.14 bits per heavy atom. The van der Waals surface area contributed by atoms with Gasteiger partial charge in [0.05, 0.1) is 0 Å². The van der Waals surface area contributed by atoms with Crippen molar-refractivity contribution in [3.63, 3.8) is 0 Å². The molecule has 1 aromatic rings. The van der Waals surface area contributed by atoms with Gasteiger partial charge in [0.25, 0.3) is 0 Å². The first kappa shape index (κ1) is 16.8. The molecule has 0 spiro atoms. The van der Waals surface area contributed by atoms with Crippen LogP contribution >= 0.6 is 0 Å². The maximum Gasteiger partial charge on any atom is 0.245 e. The Labute approximate surface area is 133 Å². The van der Waals surface area contributed by atoms with Crippen molar-refractivity contribution in [2.75, 3.05) is 57.9 Å². The summed E-state index contributed by atoms with van der Waals surface area (Å²) in [4.78, 5) is 16.2. The monoisotopic (exact) mass is 305 g/mol. The van der Waals surface area contributed by atoms with Crippen molar-refractivity contribution in [2.45, 2.75) is 12.8 Å². The van der Waals surface area contributed by atoms with Gasteiger partial charge in [0.2, 0.25) is 5.91 Å². The number of methoxy groups -OCH3 is 1. The van der Waals surface area contributed by atoms with Crippen molar-refractivity contribution < 1.29 is 9.53 Å². The second kappa shape index (κ2) is 9.43. The van der Waals surface area contributed by atoms with Crippen LogP contribution in [0, 0.1) is 0 Å². The van der Waals surface area contributed by atoms with Gasteiger partial charge in [-0.2, -0.15) is 0 Å². The summed E-state index contributed by atoms with van der Waals surface area (Å²) in [6.07, 6.45) is 2.15. The number of hydrogen-bond acceptors (Lipinski definition) is 4. The van der Waals surface area contributed by atoms with E-state index in [1.807, 2.05) is 0 Å². The van der Waals surface area contributed by atoms with Crippen LogP contribution in [-0.2, 0) is 9.53 Å². The number of benzene rings is 1. The number of carbonyl (C=O) groups excluding carboxylic acids is 1. The Hall–Kier alpha value is -1.59. The fourth-order valence-corrected chi connectivity index (χ4v) is 2.74. The summed E-state index contributed by atoms with van der Waals surface area (Å²) < 4.78 is 4.78. The normalized spacial score (nSPS) is 15.8. The summed E-state index contributed by atoms with van der Waals surface area (Å²) >= 11 is 0. The topological polar surface area (TPSA) is 44.8 Å². The molecule has 22 heavy (non-hydrogen) atoms. The fraction of sp³-hybridized carbons (Fsp3) is 0.588. The van der Waals surface area contributed by atoms with E-state index in [2.05, 4.69) is 45.4 Å². The van der Waals surface area contributed by atoms with Gasteiger partial charge in [-0.25, -0.2) is 0 Å². The number of hydrogen-bond donors (Lipinski definition) is 1. The summed E-state index contributed by atoms with van der Waals surface area (Å²) in [6, 6.07) is 10.6. The number of unbranched alkanes of at least 4 members (excludes halogenated alkanes) is 1. The standard InChI is InChI=1S/C17H27N3O2/c1-22-15-17(21)18-9-5-6-10-19-11-13-20(14-12-19)16-7-3-2-4-8-16/h2-4,7-8H,5-6,9-15H2,1H3,(H,18,21). The van der Waals surface area contributed by atoms with Crippen LogP contribution in [0.1, 0.15) is 12.8 Å². The predicted molar refractivity (Wildman–Crippen MR) is 89.2 cm³/mol. The molecule has 1 aliphatic rings. The summed E-state index contributed by atoms with van der Waals surface area (Å²) in [6.45, 7) is 6.43. The minimum absolute atomic E-state index is 0.0287. The van der Waals surface area contributed by atoms with E-state index in [-0.39, 0.29) is 12.5 Å². The lowest BCUT2D eigenvalue weighted by atomic mass is 10.2. The molecule has 0 aliphatic carbocycles. The van der Waals surface area contributed by atoms with E-state index in [0.717, 1.165) is 52.1 Å². The first-order valence-electron chi connectivity index (χ1n) is 8.07. The molecule has 0 bridgehead atoms. The van der Waals surface area contributed by atoms with E-state index in [1.54, 1.807) is 0 Å². The van der Waals surface area contributed by atoms with E-state index in [1.165, 1.54) is 12.8 Å². The third kappa shape index (κ3) is 5.66. The molecule has 1 fully saturated rings. The maximum atomic E-state index is 11.2. The molecule has 0 unspecified atom stereocenters. The zero-order valence-electron chi connectivity index (χ0n) is 13.5. The Bertz CT molecular complexity index is 431. The molecule has 0 saturated carbocycles. The van der Waals surface area contributed by atoms with Gasteiger partial charge in [-0.1, -0.05) is 18.2 Å². The summed E-state index contributed by atoms with van der Waals surface area (Å²) in [5, 5.41) is 2.86. The third-order valence-corrected chi connectivity index (χ3v) is 3.99. The summed E-state index contributed by atoms with van der Waals surface area (Å²) in [5.74, 6) is -0.0287. The zero-order chi connectivity index (χ0) is 15.6. The van der Waals surface area contributed by atoms with Crippen molar-refractivity contribution in [3.05, 3.63) is 30.3 Å². The molecule has 1 N–H and O–H groups in total. The average Bonchev–Trinajstić information content (AvgIpc) is 2.56. The Morgan fingerprint density at radius 2 is 1.86 bits per heavy atom. The summed E-state index contributed by atoms with van der Waals surface area (Å²) in [7, 11) is 1.54. The Morgan fingerprint density at radius 3 is 2.55 bits per heavy atom. The average molecular weight is 305 g/mol. The number of para-hydroxylation sites is 1. The molecular weight excluding hydrogens is 278 g/mol. The van der Waals surface area contributed by atoms with Gasteiger partial charge in [-0.05, 0) is 31.5 Å². The van der Waals surface area contributed by atoms with Crippen molar-refractivity contribution in [2.24, 2.45) is 0 Å². The van der Waals surface area contributed by atoms with Crippen LogP contribution in [0.4, 0.5) is 5.69 Å². The molecule has 1 aromatic carbocycles. The minimum atomic E-state index is -0.0287. The van der Waals surface area contributed by atoms with Crippen LogP contribution in [0.15, 0.2) is 30.3 Å². The second-order valence-corrected chi connectivity index (χ2v) is 5.65. The zero-order valence-corrected chi connectivity index (χ0v) is 13.5. The van der Waals surface area contributed by atoms with Gasteiger partial charge < -0.3 is 15.0 Å². The second-order valence-electron chi connectivity index (χ2n) is 5.65. The van der Waals surface area contributed by atoms with E-state index < -0.39 is 0 Å². The van der Waals surface area contributed by atoms with Gasteiger partial charge in [0.15, 0.2) is 0 Å². The fourth-order valence-electron chi connectivity index (χ4n) is 2.74. The number of rotatable bonds is 8. The molecule has 2 rings (SSSR count). The number of amides is 1. The number of ether oxygens (including phenoxy) is 1. The molecule has 5 nitrogen and oxygen atoms in total. The molecule has 0 aromatic heterocycles. The van der Waals surface area contributed by atoms with E-state index >= 15 is 0 Å². The van der Waals surface area contributed by atoms with Crippen LogP contribution in [-0.4, -0.2) is 63.8 Å². The SMILES string of the molecule is COCC(=O)NCCCCN1CCN(c2ccccc2)CC1. The highest BCUT2D eigenvalue weighted by Gasteiger charge is 2.16. The third-order valence-electron chi connectivity index (χ3n) is 3.99. The van der Waals surface area contributed by atoms with Crippen molar-refractivity contribution in [1.29, 1.82) is 0 Å². The highest BCUT2D eigenvalue weighted by molar-refractivity contribution is 5.77. The Kier molecular flexibility index (Phi) is 7.19. The van der Waals surface area contributed by atoms with Crippen molar-refractivity contribution in [1.82, 2.24) is 10.2 Å². The molecule has 1 saturated heterocycles. The number of carbonyl (C=O) groups is 1. The van der Waals surface area contributed by atoms with Gasteiger partial charge in [0.1, 0.15) is 6.61 Å².